The van der Waals surface area contributed by atoms with Gasteiger partial charge in [-0.1, -0.05) is 30.3 Å². The van der Waals surface area contributed by atoms with Crippen LogP contribution < -0.4 is 10.5 Å². The third-order valence-electron chi connectivity index (χ3n) is 3.76. The fraction of sp³-hybridized carbons (Fsp3) is 0.353. The highest BCUT2D eigenvalue weighted by molar-refractivity contribution is 7.17. The van der Waals surface area contributed by atoms with Crippen LogP contribution in [-0.2, 0) is 0 Å². The number of rotatable bonds is 4. The maximum absolute atomic E-state index is 12.7. The second-order valence-corrected chi connectivity index (χ2v) is 6.46. The molecule has 0 unspecified atom stereocenters. The van der Waals surface area contributed by atoms with E-state index < -0.39 is 0 Å². The summed E-state index contributed by atoms with van der Waals surface area (Å²) < 4.78 is 5.68. The average Bonchev–Trinajstić information content (AvgIpc) is 3.15. The summed E-state index contributed by atoms with van der Waals surface area (Å²) in [6.07, 6.45) is 0.868. The Bertz CT molecular complexity index is 654. The summed E-state index contributed by atoms with van der Waals surface area (Å²) in [5.41, 5.74) is 7.01. The largest absolute Gasteiger partial charge is 0.492 e. The van der Waals surface area contributed by atoms with Gasteiger partial charge in [-0.05, 0) is 25.0 Å². The average molecular weight is 316 g/mol. The zero-order chi connectivity index (χ0) is 15.5. The van der Waals surface area contributed by atoms with Gasteiger partial charge in [0.05, 0.1) is 6.61 Å². The van der Waals surface area contributed by atoms with Gasteiger partial charge in [-0.25, -0.2) is 0 Å². The minimum Gasteiger partial charge on any atom is -0.492 e. The molecule has 1 aromatic heterocycles. The predicted octanol–water partition coefficient (Wildman–Crippen LogP) is 2.99. The number of nitrogens with zero attached hydrogens (tertiary/aromatic N) is 1. The summed E-state index contributed by atoms with van der Waals surface area (Å²) in [7, 11) is 0. The number of hydrogen-bond acceptors (Lipinski definition) is 4. The van der Waals surface area contributed by atoms with Gasteiger partial charge in [0, 0.05) is 24.0 Å². The molecule has 0 aliphatic carbocycles. The Balaban J connectivity index is 1.92. The van der Waals surface area contributed by atoms with Crippen LogP contribution in [-0.4, -0.2) is 36.5 Å². The summed E-state index contributed by atoms with van der Waals surface area (Å²) >= 11 is 1.49. The third-order valence-corrected chi connectivity index (χ3v) is 4.92. The van der Waals surface area contributed by atoms with E-state index in [0.29, 0.717) is 23.8 Å². The summed E-state index contributed by atoms with van der Waals surface area (Å²) in [5.74, 6) is 0.709. The molecule has 1 aliphatic rings. The van der Waals surface area contributed by atoms with E-state index in [1.54, 1.807) is 0 Å². The predicted molar refractivity (Wildman–Crippen MR) is 89.4 cm³/mol. The highest BCUT2D eigenvalue weighted by atomic mass is 32.1. The van der Waals surface area contributed by atoms with Gasteiger partial charge in [0.15, 0.2) is 0 Å². The minimum absolute atomic E-state index is 0.0311. The van der Waals surface area contributed by atoms with Crippen LogP contribution in [0.3, 0.4) is 0 Å². The minimum atomic E-state index is 0.0311. The van der Waals surface area contributed by atoms with Crippen molar-refractivity contribution in [2.75, 3.05) is 19.7 Å². The number of carbonyl (C=O) groups excluding carboxylic acids is 1. The molecule has 2 heterocycles. The van der Waals surface area contributed by atoms with Crippen molar-refractivity contribution in [3.05, 3.63) is 41.3 Å². The Hall–Kier alpha value is -1.85. The quantitative estimate of drug-likeness (QED) is 0.943. The number of benzene rings is 1. The van der Waals surface area contributed by atoms with E-state index in [0.717, 1.165) is 23.4 Å². The van der Waals surface area contributed by atoms with Gasteiger partial charge in [0.25, 0.3) is 5.91 Å². The normalized spacial score (nSPS) is 17.7. The van der Waals surface area contributed by atoms with Crippen molar-refractivity contribution in [1.29, 1.82) is 0 Å². The van der Waals surface area contributed by atoms with E-state index in [1.165, 1.54) is 11.3 Å². The number of carbonyl (C=O) groups is 1. The molecule has 116 valence electrons. The topological polar surface area (TPSA) is 55.6 Å². The molecule has 1 aliphatic heterocycles. The second kappa shape index (κ2) is 6.50. The van der Waals surface area contributed by atoms with Gasteiger partial charge < -0.3 is 15.4 Å². The van der Waals surface area contributed by atoms with Gasteiger partial charge in [0.2, 0.25) is 0 Å². The van der Waals surface area contributed by atoms with E-state index >= 15 is 0 Å². The van der Waals surface area contributed by atoms with Gasteiger partial charge in [-0.2, -0.15) is 0 Å². The molecule has 2 aromatic rings. The van der Waals surface area contributed by atoms with Crippen LogP contribution in [0, 0.1) is 0 Å². The molecule has 1 atom stereocenters. The lowest BCUT2D eigenvalue weighted by atomic mass is 10.2. The maximum atomic E-state index is 12.7. The number of amides is 1. The summed E-state index contributed by atoms with van der Waals surface area (Å²) in [6, 6.07) is 12.1. The first kappa shape index (κ1) is 15.1. The first-order chi connectivity index (χ1) is 10.7. The number of hydrogen-bond donors (Lipinski definition) is 1. The molecule has 3 rings (SSSR count). The van der Waals surface area contributed by atoms with Crippen LogP contribution in [0.2, 0.25) is 0 Å². The second-order valence-electron chi connectivity index (χ2n) is 5.40. The Morgan fingerprint density at radius 2 is 2.18 bits per heavy atom. The molecule has 1 fully saturated rings. The summed E-state index contributed by atoms with van der Waals surface area (Å²) in [5, 5.41) is 0. The van der Waals surface area contributed by atoms with E-state index in [-0.39, 0.29) is 11.9 Å². The van der Waals surface area contributed by atoms with Crippen LogP contribution >= 0.6 is 11.3 Å². The van der Waals surface area contributed by atoms with Crippen molar-refractivity contribution in [3.63, 3.8) is 0 Å². The van der Waals surface area contributed by atoms with Crippen LogP contribution in [0.25, 0.3) is 10.4 Å². The molecule has 0 radical (unpaired) electrons. The highest BCUT2D eigenvalue weighted by Crippen LogP contribution is 2.37. The number of ether oxygens (including phenoxy) is 1. The highest BCUT2D eigenvalue weighted by Gasteiger charge is 2.28. The van der Waals surface area contributed by atoms with Gasteiger partial charge in [-0.15, -0.1) is 11.3 Å². The monoisotopic (exact) mass is 316 g/mol. The standard InChI is InChI=1S/C17H20N2O2S/c1-2-21-14-10-15(12-6-4-3-5-7-12)22-16(14)17(20)19-9-8-13(18)11-19/h3-7,10,13H,2,8-9,11,18H2,1H3/t13-/m1/s1. The lowest BCUT2D eigenvalue weighted by molar-refractivity contribution is 0.0792. The van der Waals surface area contributed by atoms with E-state index in [9.17, 15) is 4.79 Å². The third kappa shape index (κ3) is 3.00. The van der Waals surface area contributed by atoms with Crippen molar-refractivity contribution in [1.82, 2.24) is 4.90 Å². The maximum Gasteiger partial charge on any atom is 0.267 e. The van der Waals surface area contributed by atoms with Crippen LogP contribution in [0.15, 0.2) is 36.4 Å². The molecular weight excluding hydrogens is 296 g/mol. The fourth-order valence-electron chi connectivity index (χ4n) is 2.65. The van der Waals surface area contributed by atoms with Crippen LogP contribution in [0.4, 0.5) is 0 Å². The van der Waals surface area contributed by atoms with Crippen LogP contribution in [0.5, 0.6) is 5.75 Å². The molecule has 0 spiro atoms. The fourth-order valence-corrected chi connectivity index (χ4v) is 3.72. The number of likely N-dealkylation sites (tertiary alicyclic amines) is 1. The van der Waals surface area contributed by atoms with Crippen molar-refractivity contribution in [3.8, 4) is 16.2 Å². The Labute approximate surface area is 134 Å². The molecule has 4 nitrogen and oxygen atoms in total. The van der Waals surface area contributed by atoms with Crippen molar-refractivity contribution in [2.24, 2.45) is 5.73 Å². The van der Waals surface area contributed by atoms with Crippen LogP contribution in [0.1, 0.15) is 23.0 Å². The molecule has 1 saturated heterocycles. The van der Waals surface area contributed by atoms with E-state index in [1.807, 2.05) is 48.2 Å². The van der Waals surface area contributed by atoms with Gasteiger partial charge in [0.1, 0.15) is 10.6 Å². The van der Waals surface area contributed by atoms with E-state index in [2.05, 4.69) is 0 Å². The first-order valence-electron chi connectivity index (χ1n) is 7.56. The zero-order valence-electron chi connectivity index (χ0n) is 12.6. The SMILES string of the molecule is CCOc1cc(-c2ccccc2)sc1C(=O)N1CC[C@@H](N)C1. The molecule has 1 amide bonds. The molecule has 0 bridgehead atoms. The lowest BCUT2D eigenvalue weighted by Gasteiger charge is -2.15. The van der Waals surface area contributed by atoms with Gasteiger partial charge >= 0.3 is 0 Å². The summed E-state index contributed by atoms with van der Waals surface area (Å²) in [4.78, 5) is 16.3. The molecule has 2 N–H and O–H groups in total. The smallest absolute Gasteiger partial charge is 0.267 e. The molecular formula is C17H20N2O2S. The van der Waals surface area contributed by atoms with Crippen molar-refractivity contribution in [2.45, 2.75) is 19.4 Å². The molecule has 1 aromatic carbocycles. The number of nitrogens with two attached hydrogens (primary N) is 1. The Morgan fingerprint density at radius 1 is 1.41 bits per heavy atom. The summed E-state index contributed by atoms with van der Waals surface area (Å²) in [6.45, 7) is 3.83. The van der Waals surface area contributed by atoms with Gasteiger partial charge in [-0.3, -0.25) is 4.79 Å². The number of thiophene rings is 1. The first-order valence-corrected chi connectivity index (χ1v) is 8.37. The Morgan fingerprint density at radius 3 is 2.82 bits per heavy atom. The van der Waals surface area contributed by atoms with E-state index in [4.69, 9.17) is 10.5 Å². The van der Waals surface area contributed by atoms with Crippen molar-refractivity contribution >= 4 is 17.2 Å². The lowest BCUT2D eigenvalue weighted by Crippen LogP contribution is -2.31. The Kier molecular flexibility index (Phi) is 4.45. The van der Waals surface area contributed by atoms with Crippen molar-refractivity contribution < 1.29 is 9.53 Å². The molecule has 5 heteroatoms. The molecule has 0 saturated carbocycles. The zero-order valence-corrected chi connectivity index (χ0v) is 13.4. The molecule has 22 heavy (non-hydrogen) atoms.